The first-order valence-electron chi connectivity index (χ1n) is 8.55. The highest BCUT2D eigenvalue weighted by Gasteiger charge is 2.38. The fourth-order valence-corrected chi connectivity index (χ4v) is 4.00. The molecule has 1 aliphatic carbocycles. The van der Waals surface area contributed by atoms with E-state index in [1.54, 1.807) is 7.11 Å². The molecular formula is C17H36N2O. The van der Waals surface area contributed by atoms with E-state index in [4.69, 9.17) is 10.5 Å². The molecule has 0 heterocycles. The van der Waals surface area contributed by atoms with Crippen molar-refractivity contribution in [2.24, 2.45) is 11.7 Å². The molecule has 2 N–H and O–H groups in total. The van der Waals surface area contributed by atoms with Gasteiger partial charge in [-0.3, -0.25) is 4.90 Å². The molecule has 2 unspecified atom stereocenters. The van der Waals surface area contributed by atoms with Gasteiger partial charge in [0.05, 0.1) is 6.61 Å². The van der Waals surface area contributed by atoms with Crippen LogP contribution in [0.25, 0.3) is 0 Å². The largest absolute Gasteiger partial charge is 0.383 e. The number of rotatable bonds is 8. The molecule has 0 amide bonds. The van der Waals surface area contributed by atoms with Crippen LogP contribution in [0.4, 0.5) is 0 Å². The molecule has 2 atom stereocenters. The van der Waals surface area contributed by atoms with Gasteiger partial charge in [-0.05, 0) is 39.0 Å². The third kappa shape index (κ3) is 4.71. The zero-order valence-corrected chi connectivity index (χ0v) is 14.2. The Bertz CT molecular complexity index is 257. The maximum absolute atomic E-state index is 6.26. The Kier molecular flexibility index (Phi) is 8.08. The summed E-state index contributed by atoms with van der Waals surface area (Å²) >= 11 is 0. The summed E-state index contributed by atoms with van der Waals surface area (Å²) in [4.78, 5) is 2.62. The number of hydrogen-bond acceptors (Lipinski definition) is 3. The van der Waals surface area contributed by atoms with Gasteiger partial charge in [0.2, 0.25) is 0 Å². The lowest BCUT2D eigenvalue weighted by Crippen LogP contribution is -2.57. The summed E-state index contributed by atoms with van der Waals surface area (Å²) in [5, 5.41) is 0. The van der Waals surface area contributed by atoms with E-state index in [1.165, 1.54) is 44.9 Å². The van der Waals surface area contributed by atoms with Gasteiger partial charge in [-0.2, -0.15) is 0 Å². The first-order chi connectivity index (χ1) is 9.59. The maximum Gasteiger partial charge on any atom is 0.0590 e. The van der Waals surface area contributed by atoms with Crippen LogP contribution in [0.15, 0.2) is 0 Å². The van der Waals surface area contributed by atoms with E-state index >= 15 is 0 Å². The third-order valence-electron chi connectivity index (χ3n) is 5.12. The van der Waals surface area contributed by atoms with Gasteiger partial charge in [0, 0.05) is 31.8 Å². The minimum Gasteiger partial charge on any atom is -0.383 e. The lowest BCUT2D eigenvalue weighted by atomic mass is 9.86. The molecule has 20 heavy (non-hydrogen) atoms. The van der Waals surface area contributed by atoms with E-state index in [2.05, 4.69) is 25.7 Å². The summed E-state index contributed by atoms with van der Waals surface area (Å²) in [6, 6.07) is 0.538. The zero-order valence-electron chi connectivity index (χ0n) is 14.2. The zero-order chi connectivity index (χ0) is 15.0. The molecule has 3 heteroatoms. The lowest BCUT2D eigenvalue weighted by molar-refractivity contribution is 0.0232. The van der Waals surface area contributed by atoms with Gasteiger partial charge >= 0.3 is 0 Å². The minimum absolute atomic E-state index is 0.204. The second kappa shape index (κ2) is 9.01. The quantitative estimate of drug-likeness (QED) is 0.694. The maximum atomic E-state index is 6.26. The molecule has 0 saturated heterocycles. The number of hydrogen-bond donors (Lipinski definition) is 1. The van der Waals surface area contributed by atoms with Crippen LogP contribution in [0.1, 0.15) is 65.7 Å². The molecule has 0 aromatic rings. The summed E-state index contributed by atoms with van der Waals surface area (Å²) < 4.78 is 5.31. The highest BCUT2D eigenvalue weighted by molar-refractivity contribution is 4.95. The van der Waals surface area contributed by atoms with Gasteiger partial charge in [-0.15, -0.1) is 0 Å². The highest BCUT2D eigenvalue weighted by atomic mass is 16.5. The minimum atomic E-state index is 0.204. The summed E-state index contributed by atoms with van der Waals surface area (Å²) in [5.74, 6) is 0.921. The number of nitrogens with zero attached hydrogens (tertiary/aromatic N) is 1. The normalized spacial score (nSPS) is 28.1. The van der Waals surface area contributed by atoms with Gasteiger partial charge < -0.3 is 10.5 Å². The van der Waals surface area contributed by atoms with E-state index in [1.807, 2.05) is 0 Å². The van der Waals surface area contributed by atoms with Crippen molar-refractivity contribution in [3.05, 3.63) is 0 Å². The Morgan fingerprint density at radius 3 is 2.60 bits per heavy atom. The van der Waals surface area contributed by atoms with E-state index in [9.17, 15) is 0 Å². The summed E-state index contributed by atoms with van der Waals surface area (Å²) in [6.45, 7) is 9.49. The molecule has 0 aromatic heterocycles. The standard InChI is InChI=1S/C17H36N2O/c1-5-7-16-8-6-10-17(14-18,11-9-16)19(15(2)3)12-13-20-4/h15-16H,5-14,18H2,1-4H3. The van der Waals surface area contributed by atoms with Crippen molar-refractivity contribution in [3.63, 3.8) is 0 Å². The molecular weight excluding hydrogens is 248 g/mol. The number of methoxy groups -OCH3 is 1. The molecule has 1 fully saturated rings. The highest BCUT2D eigenvalue weighted by Crippen LogP contribution is 2.36. The average Bonchev–Trinajstić information content (AvgIpc) is 2.63. The second-order valence-corrected chi connectivity index (χ2v) is 6.79. The van der Waals surface area contributed by atoms with Crippen molar-refractivity contribution in [1.29, 1.82) is 0 Å². The van der Waals surface area contributed by atoms with Crippen molar-refractivity contribution in [2.45, 2.75) is 77.3 Å². The fraction of sp³-hybridized carbons (Fsp3) is 1.00. The van der Waals surface area contributed by atoms with Gasteiger partial charge in [0.15, 0.2) is 0 Å². The van der Waals surface area contributed by atoms with E-state index < -0.39 is 0 Å². The number of nitrogens with two attached hydrogens (primary N) is 1. The van der Waals surface area contributed by atoms with Crippen LogP contribution in [0.2, 0.25) is 0 Å². The topological polar surface area (TPSA) is 38.5 Å². The Hall–Kier alpha value is -0.120. The molecule has 0 bridgehead atoms. The van der Waals surface area contributed by atoms with Crippen molar-refractivity contribution in [3.8, 4) is 0 Å². The molecule has 1 aliphatic rings. The Morgan fingerprint density at radius 2 is 2.05 bits per heavy atom. The second-order valence-electron chi connectivity index (χ2n) is 6.79. The van der Waals surface area contributed by atoms with Crippen LogP contribution in [0.3, 0.4) is 0 Å². The molecule has 0 aliphatic heterocycles. The Labute approximate surface area is 126 Å². The van der Waals surface area contributed by atoms with Crippen molar-refractivity contribution < 1.29 is 4.74 Å². The van der Waals surface area contributed by atoms with Crippen LogP contribution in [0.5, 0.6) is 0 Å². The first kappa shape index (κ1) is 17.9. The van der Waals surface area contributed by atoms with Crippen LogP contribution < -0.4 is 5.73 Å². The van der Waals surface area contributed by atoms with Gasteiger partial charge in [0.25, 0.3) is 0 Å². The van der Waals surface area contributed by atoms with Crippen LogP contribution in [0, 0.1) is 5.92 Å². The predicted octanol–water partition coefficient (Wildman–Crippen LogP) is 3.42. The van der Waals surface area contributed by atoms with E-state index in [0.717, 1.165) is 25.6 Å². The Balaban J connectivity index is 2.77. The smallest absolute Gasteiger partial charge is 0.0590 e. The van der Waals surface area contributed by atoms with E-state index in [-0.39, 0.29) is 5.54 Å². The van der Waals surface area contributed by atoms with Crippen molar-refractivity contribution in [2.75, 3.05) is 26.8 Å². The van der Waals surface area contributed by atoms with Crippen LogP contribution in [-0.4, -0.2) is 43.3 Å². The van der Waals surface area contributed by atoms with Gasteiger partial charge in [-0.1, -0.05) is 32.6 Å². The molecule has 1 rings (SSSR count). The summed E-state index contributed by atoms with van der Waals surface area (Å²) in [7, 11) is 1.79. The van der Waals surface area contributed by atoms with Crippen molar-refractivity contribution in [1.82, 2.24) is 4.90 Å². The van der Waals surface area contributed by atoms with Gasteiger partial charge in [0.1, 0.15) is 0 Å². The fourth-order valence-electron chi connectivity index (χ4n) is 4.00. The molecule has 3 nitrogen and oxygen atoms in total. The SMILES string of the molecule is CCCC1CCCC(CN)(N(CCOC)C(C)C)CC1. The molecule has 0 aromatic carbocycles. The molecule has 0 radical (unpaired) electrons. The van der Waals surface area contributed by atoms with Gasteiger partial charge in [-0.25, -0.2) is 0 Å². The van der Waals surface area contributed by atoms with Crippen LogP contribution >= 0.6 is 0 Å². The molecule has 1 saturated carbocycles. The molecule has 0 spiro atoms. The van der Waals surface area contributed by atoms with E-state index in [0.29, 0.717) is 6.04 Å². The summed E-state index contributed by atoms with van der Waals surface area (Å²) in [5.41, 5.74) is 6.46. The summed E-state index contributed by atoms with van der Waals surface area (Å²) in [6.07, 6.45) is 9.30. The Morgan fingerprint density at radius 1 is 1.30 bits per heavy atom. The average molecular weight is 284 g/mol. The van der Waals surface area contributed by atoms with Crippen molar-refractivity contribution >= 4 is 0 Å². The predicted molar refractivity (Wildman–Crippen MR) is 87.0 cm³/mol. The first-order valence-corrected chi connectivity index (χ1v) is 8.55. The van der Waals surface area contributed by atoms with Crippen LogP contribution in [-0.2, 0) is 4.74 Å². The monoisotopic (exact) mass is 284 g/mol. The number of ether oxygens (including phenoxy) is 1. The molecule has 120 valence electrons. The third-order valence-corrected chi connectivity index (χ3v) is 5.12. The lowest BCUT2D eigenvalue weighted by Gasteiger charge is -2.46.